The first-order valence-electron chi connectivity index (χ1n) is 6.72. The number of carboxylic acids is 1. The molecule has 0 saturated carbocycles. The predicted molar refractivity (Wildman–Crippen MR) is 79.6 cm³/mol. The lowest BCUT2D eigenvalue weighted by molar-refractivity contribution is -0.147. The maximum Gasteiger partial charge on any atom is 0.352 e. The molecule has 3 aliphatic heterocycles. The number of amides is 1. The number of nitrogens with zero attached hydrogens (tertiary/aromatic N) is 1. The van der Waals surface area contributed by atoms with Gasteiger partial charge < -0.3 is 20.3 Å². The second kappa shape index (κ2) is 5.43. The minimum Gasteiger partial charge on any atom is -0.492 e. The quantitative estimate of drug-likeness (QED) is 0.542. The van der Waals surface area contributed by atoms with Gasteiger partial charge in [-0.2, -0.15) is 0 Å². The Morgan fingerprint density at radius 2 is 2.22 bits per heavy atom. The van der Waals surface area contributed by atoms with Gasteiger partial charge in [-0.1, -0.05) is 0 Å². The van der Waals surface area contributed by atoms with Crippen LogP contribution in [0.25, 0.3) is 0 Å². The van der Waals surface area contributed by atoms with Gasteiger partial charge in [0.05, 0.1) is 12.7 Å². The topological polar surface area (TPSA) is 119 Å². The standard InChI is InChI=1S/C14H14N2O6S/c1-5-10(21-2)7(22-14(5)20)3-6-4-23-12-8(15)11(17)16(12)9(6)13(18)19/h3,8,12H,4,15H2,1-2H3,(H,18,19)/t8-,12+/m1/s1. The van der Waals surface area contributed by atoms with Gasteiger partial charge in [0.15, 0.2) is 11.5 Å². The van der Waals surface area contributed by atoms with Crippen LogP contribution in [-0.2, 0) is 23.9 Å². The first-order valence-corrected chi connectivity index (χ1v) is 7.77. The van der Waals surface area contributed by atoms with Crippen molar-refractivity contribution in [1.82, 2.24) is 4.90 Å². The van der Waals surface area contributed by atoms with E-state index in [1.165, 1.54) is 29.8 Å². The summed E-state index contributed by atoms with van der Waals surface area (Å²) >= 11 is 1.36. The Balaban J connectivity index is 2.04. The van der Waals surface area contributed by atoms with E-state index in [1.807, 2.05) is 0 Å². The summed E-state index contributed by atoms with van der Waals surface area (Å²) in [7, 11) is 1.39. The van der Waals surface area contributed by atoms with E-state index in [0.717, 1.165) is 0 Å². The number of hydrogen-bond donors (Lipinski definition) is 2. The number of hydrogen-bond acceptors (Lipinski definition) is 7. The molecule has 1 saturated heterocycles. The van der Waals surface area contributed by atoms with Crippen molar-refractivity contribution in [2.45, 2.75) is 18.3 Å². The molecule has 0 radical (unpaired) electrons. The van der Waals surface area contributed by atoms with E-state index in [4.69, 9.17) is 15.2 Å². The monoisotopic (exact) mass is 338 g/mol. The van der Waals surface area contributed by atoms with Crippen molar-refractivity contribution < 1.29 is 29.0 Å². The van der Waals surface area contributed by atoms with E-state index < -0.39 is 23.9 Å². The molecular formula is C14H14N2O6S. The molecule has 3 N–H and O–H groups in total. The van der Waals surface area contributed by atoms with Crippen LogP contribution in [0.1, 0.15) is 6.92 Å². The first kappa shape index (κ1) is 15.6. The average molecular weight is 338 g/mol. The van der Waals surface area contributed by atoms with Gasteiger partial charge in [0.2, 0.25) is 5.91 Å². The number of rotatable bonds is 3. The molecule has 23 heavy (non-hydrogen) atoms. The Kier molecular flexibility index (Phi) is 3.69. The van der Waals surface area contributed by atoms with E-state index in [0.29, 0.717) is 16.9 Å². The number of allylic oxidation sites excluding steroid dienone is 1. The SMILES string of the molecule is COC1=C(C)C(=O)OC1=CC1=C(C(=O)O)N2C(=O)[C@@H](N)[C@@H]2SC1. The summed E-state index contributed by atoms with van der Waals surface area (Å²) in [5.74, 6) is -1.48. The number of carbonyl (C=O) groups excluding carboxylic acids is 2. The minimum atomic E-state index is -1.23. The lowest BCUT2D eigenvalue weighted by atomic mass is 10.0. The van der Waals surface area contributed by atoms with Gasteiger partial charge in [0.25, 0.3) is 0 Å². The van der Waals surface area contributed by atoms with Crippen molar-refractivity contribution in [2.75, 3.05) is 12.9 Å². The van der Waals surface area contributed by atoms with E-state index in [2.05, 4.69) is 0 Å². The molecule has 0 aliphatic carbocycles. The molecule has 122 valence electrons. The maximum atomic E-state index is 11.9. The number of carboxylic acid groups (broad SMARTS) is 1. The molecular weight excluding hydrogens is 324 g/mol. The molecule has 0 bridgehead atoms. The fraction of sp³-hybridized carbons (Fsp3) is 0.357. The van der Waals surface area contributed by atoms with Crippen molar-refractivity contribution in [1.29, 1.82) is 0 Å². The molecule has 9 heteroatoms. The zero-order chi connectivity index (χ0) is 16.9. The molecule has 0 unspecified atom stereocenters. The summed E-state index contributed by atoms with van der Waals surface area (Å²) in [5, 5.41) is 9.08. The molecule has 3 aliphatic rings. The van der Waals surface area contributed by atoms with Crippen LogP contribution in [0, 0.1) is 0 Å². The molecule has 3 rings (SSSR count). The molecule has 0 aromatic rings. The number of methoxy groups -OCH3 is 1. The van der Waals surface area contributed by atoms with Crippen LogP contribution in [0.2, 0.25) is 0 Å². The van der Waals surface area contributed by atoms with Crippen LogP contribution in [0.4, 0.5) is 0 Å². The number of fused-ring (bicyclic) bond motifs is 1. The number of esters is 1. The Morgan fingerprint density at radius 3 is 2.83 bits per heavy atom. The molecule has 3 heterocycles. The summed E-state index contributed by atoms with van der Waals surface area (Å²) in [5.41, 5.74) is 6.22. The zero-order valence-electron chi connectivity index (χ0n) is 12.4. The van der Waals surface area contributed by atoms with Crippen LogP contribution >= 0.6 is 11.8 Å². The van der Waals surface area contributed by atoms with Crippen LogP contribution in [0.5, 0.6) is 0 Å². The summed E-state index contributed by atoms with van der Waals surface area (Å²) in [6.07, 6.45) is 1.43. The Morgan fingerprint density at radius 1 is 1.52 bits per heavy atom. The minimum absolute atomic E-state index is 0.135. The maximum absolute atomic E-state index is 11.9. The van der Waals surface area contributed by atoms with Crippen molar-refractivity contribution in [3.63, 3.8) is 0 Å². The van der Waals surface area contributed by atoms with Crippen molar-refractivity contribution in [2.24, 2.45) is 5.73 Å². The number of aliphatic carboxylic acids is 1. The third-order valence-electron chi connectivity index (χ3n) is 3.82. The van der Waals surface area contributed by atoms with Crippen LogP contribution in [0.3, 0.4) is 0 Å². The first-order chi connectivity index (χ1) is 10.9. The van der Waals surface area contributed by atoms with Crippen LogP contribution < -0.4 is 5.73 Å². The normalized spacial score (nSPS) is 28.8. The summed E-state index contributed by atoms with van der Waals surface area (Å²) < 4.78 is 10.2. The number of nitrogens with two attached hydrogens (primary N) is 1. The average Bonchev–Trinajstić information content (AvgIpc) is 2.79. The van der Waals surface area contributed by atoms with E-state index in [9.17, 15) is 19.5 Å². The lowest BCUT2D eigenvalue weighted by Crippen LogP contribution is -2.68. The summed E-state index contributed by atoms with van der Waals surface area (Å²) in [6, 6.07) is -0.690. The molecule has 0 aromatic heterocycles. The van der Waals surface area contributed by atoms with Crippen LogP contribution in [0.15, 0.2) is 34.4 Å². The smallest absolute Gasteiger partial charge is 0.352 e. The Hall–Kier alpha value is -2.26. The molecule has 1 fully saturated rings. The fourth-order valence-electron chi connectivity index (χ4n) is 2.66. The third kappa shape index (κ3) is 2.23. The Labute approximate surface area is 135 Å². The van der Waals surface area contributed by atoms with E-state index in [1.54, 1.807) is 6.92 Å². The Bertz CT molecular complexity index is 723. The number of cyclic esters (lactones) is 1. The summed E-state index contributed by atoms with van der Waals surface area (Å²) in [4.78, 5) is 36.2. The molecule has 0 aromatic carbocycles. The summed E-state index contributed by atoms with van der Waals surface area (Å²) in [6.45, 7) is 1.55. The second-order valence-electron chi connectivity index (χ2n) is 5.17. The highest BCUT2D eigenvalue weighted by Gasteiger charge is 2.51. The molecule has 1 amide bonds. The van der Waals surface area contributed by atoms with E-state index >= 15 is 0 Å². The van der Waals surface area contributed by atoms with Gasteiger partial charge in [0, 0.05) is 5.75 Å². The van der Waals surface area contributed by atoms with Crippen molar-refractivity contribution in [3.8, 4) is 0 Å². The highest BCUT2D eigenvalue weighted by atomic mass is 32.2. The molecule has 8 nitrogen and oxygen atoms in total. The highest BCUT2D eigenvalue weighted by molar-refractivity contribution is 8.00. The van der Waals surface area contributed by atoms with Gasteiger partial charge in [-0.25, -0.2) is 9.59 Å². The second-order valence-corrected chi connectivity index (χ2v) is 6.28. The van der Waals surface area contributed by atoms with Gasteiger partial charge in [-0.05, 0) is 18.6 Å². The van der Waals surface area contributed by atoms with Crippen LogP contribution in [-0.4, -0.2) is 52.1 Å². The predicted octanol–water partition coefficient (Wildman–Crippen LogP) is -0.0714. The van der Waals surface area contributed by atoms with Crippen molar-refractivity contribution in [3.05, 3.63) is 34.4 Å². The van der Waals surface area contributed by atoms with Gasteiger partial charge in [0.1, 0.15) is 17.1 Å². The lowest BCUT2D eigenvalue weighted by Gasteiger charge is -2.47. The number of ether oxygens (including phenoxy) is 2. The van der Waals surface area contributed by atoms with Gasteiger partial charge in [-0.15, -0.1) is 11.8 Å². The van der Waals surface area contributed by atoms with E-state index in [-0.39, 0.29) is 22.6 Å². The van der Waals surface area contributed by atoms with Gasteiger partial charge >= 0.3 is 11.9 Å². The number of carbonyl (C=O) groups is 3. The van der Waals surface area contributed by atoms with Gasteiger partial charge in [-0.3, -0.25) is 9.69 Å². The number of thioether (sulfide) groups is 1. The fourth-order valence-corrected chi connectivity index (χ4v) is 3.91. The molecule has 0 spiro atoms. The number of β-lactam (4-membered cyclic amide) rings is 1. The third-order valence-corrected chi connectivity index (χ3v) is 5.15. The highest BCUT2D eigenvalue weighted by Crippen LogP contribution is 2.40. The largest absolute Gasteiger partial charge is 0.492 e. The zero-order valence-corrected chi connectivity index (χ0v) is 13.2. The molecule has 2 atom stereocenters. The van der Waals surface area contributed by atoms with Crippen molar-refractivity contribution >= 4 is 29.6 Å².